The standard InChI is InChI=1S/C24H22N4O7S/c1-32-19-13-15(14-20(33-2)21(19)34-3)23-26-27-24(35-23)25-22(29)17-11-7-8-12-18(17)28-36(30,31)16-9-5-4-6-10-16/h4-14,28H,1-3H3,(H,25,27,29). The Kier molecular flexibility index (Phi) is 7.06. The highest BCUT2D eigenvalue weighted by atomic mass is 32.2. The van der Waals surface area contributed by atoms with Crippen LogP contribution in [0.2, 0.25) is 0 Å². The number of amides is 1. The highest BCUT2D eigenvalue weighted by Crippen LogP contribution is 2.41. The van der Waals surface area contributed by atoms with E-state index in [1.807, 2.05) is 0 Å². The van der Waals surface area contributed by atoms with Crippen molar-refractivity contribution in [1.29, 1.82) is 0 Å². The number of para-hydroxylation sites is 1. The van der Waals surface area contributed by atoms with Crippen molar-refractivity contribution in [3.8, 4) is 28.7 Å². The summed E-state index contributed by atoms with van der Waals surface area (Å²) in [6.07, 6.45) is 0. The fraction of sp³-hybridized carbons (Fsp3) is 0.125. The van der Waals surface area contributed by atoms with Gasteiger partial charge in [-0.1, -0.05) is 35.4 Å². The monoisotopic (exact) mass is 510 g/mol. The molecule has 1 aromatic heterocycles. The minimum absolute atomic E-state index is 0.0598. The van der Waals surface area contributed by atoms with Crippen LogP contribution in [0.25, 0.3) is 11.5 Å². The number of ether oxygens (including phenoxy) is 3. The summed E-state index contributed by atoms with van der Waals surface area (Å²) in [6.45, 7) is 0. The van der Waals surface area contributed by atoms with E-state index < -0.39 is 15.9 Å². The first kappa shape index (κ1) is 24.5. The Labute approximate surface area is 207 Å². The van der Waals surface area contributed by atoms with Crippen LogP contribution in [0.15, 0.2) is 76.0 Å². The van der Waals surface area contributed by atoms with Crippen molar-refractivity contribution in [3.05, 3.63) is 72.3 Å². The van der Waals surface area contributed by atoms with Crippen LogP contribution in [0.4, 0.5) is 11.7 Å². The van der Waals surface area contributed by atoms with E-state index in [4.69, 9.17) is 18.6 Å². The Bertz CT molecular complexity index is 1460. The number of nitrogens with one attached hydrogen (secondary N) is 2. The summed E-state index contributed by atoms with van der Waals surface area (Å²) in [7, 11) is 0.528. The molecule has 2 N–H and O–H groups in total. The molecule has 0 saturated heterocycles. The van der Waals surface area contributed by atoms with Gasteiger partial charge in [0.2, 0.25) is 11.6 Å². The summed E-state index contributed by atoms with van der Waals surface area (Å²) in [5.41, 5.74) is 0.612. The molecular formula is C24H22N4O7S. The third-order valence-electron chi connectivity index (χ3n) is 5.03. The van der Waals surface area contributed by atoms with Gasteiger partial charge in [-0.25, -0.2) is 8.42 Å². The molecule has 36 heavy (non-hydrogen) atoms. The molecule has 0 aliphatic carbocycles. The SMILES string of the molecule is COc1cc(-c2nnc(NC(=O)c3ccccc3NS(=O)(=O)c3ccccc3)o2)cc(OC)c1OC. The summed E-state index contributed by atoms with van der Waals surface area (Å²) >= 11 is 0. The molecular weight excluding hydrogens is 488 g/mol. The highest BCUT2D eigenvalue weighted by Gasteiger charge is 2.21. The molecule has 4 rings (SSSR count). The maximum atomic E-state index is 13.0. The van der Waals surface area contributed by atoms with Crippen LogP contribution in [0, 0.1) is 0 Å². The van der Waals surface area contributed by atoms with E-state index in [1.54, 1.807) is 42.5 Å². The lowest BCUT2D eigenvalue weighted by Gasteiger charge is -2.12. The van der Waals surface area contributed by atoms with Crippen molar-refractivity contribution in [3.63, 3.8) is 0 Å². The van der Waals surface area contributed by atoms with E-state index in [2.05, 4.69) is 20.2 Å². The predicted octanol–water partition coefficient (Wildman–Crippen LogP) is 3.82. The van der Waals surface area contributed by atoms with Gasteiger partial charge in [0.05, 0.1) is 37.5 Å². The number of anilines is 2. The second kappa shape index (κ2) is 10.4. The van der Waals surface area contributed by atoms with Crippen LogP contribution < -0.4 is 24.2 Å². The minimum atomic E-state index is -3.91. The van der Waals surface area contributed by atoms with Crippen LogP contribution in [-0.2, 0) is 10.0 Å². The van der Waals surface area contributed by atoms with Gasteiger partial charge in [0.25, 0.3) is 15.9 Å². The van der Waals surface area contributed by atoms with Gasteiger partial charge in [0.15, 0.2) is 11.5 Å². The number of hydrogen-bond donors (Lipinski definition) is 2. The Morgan fingerprint density at radius 2 is 1.50 bits per heavy atom. The zero-order valence-corrected chi connectivity index (χ0v) is 20.3. The first-order valence-corrected chi connectivity index (χ1v) is 12.0. The number of benzene rings is 3. The topological polar surface area (TPSA) is 142 Å². The Morgan fingerprint density at radius 3 is 2.14 bits per heavy atom. The first-order chi connectivity index (χ1) is 17.4. The minimum Gasteiger partial charge on any atom is -0.493 e. The summed E-state index contributed by atoms with van der Waals surface area (Å²) < 4.78 is 49.5. The van der Waals surface area contributed by atoms with Gasteiger partial charge in [0, 0.05) is 5.56 Å². The number of rotatable bonds is 9. The molecule has 3 aromatic carbocycles. The van der Waals surface area contributed by atoms with Crippen LogP contribution in [0.1, 0.15) is 10.4 Å². The lowest BCUT2D eigenvalue weighted by atomic mass is 10.2. The summed E-state index contributed by atoms with van der Waals surface area (Å²) in [5.74, 6) is 0.598. The van der Waals surface area contributed by atoms with Crippen molar-refractivity contribution in [2.75, 3.05) is 31.4 Å². The number of aromatic nitrogens is 2. The molecule has 0 saturated carbocycles. The molecule has 11 nitrogen and oxygen atoms in total. The molecule has 0 radical (unpaired) electrons. The number of nitrogens with zero attached hydrogens (tertiary/aromatic N) is 2. The third-order valence-corrected chi connectivity index (χ3v) is 6.41. The molecule has 0 atom stereocenters. The highest BCUT2D eigenvalue weighted by molar-refractivity contribution is 7.92. The molecule has 1 amide bonds. The Hall–Kier alpha value is -4.58. The number of sulfonamides is 1. The van der Waals surface area contributed by atoms with Crippen molar-refractivity contribution in [2.24, 2.45) is 0 Å². The van der Waals surface area contributed by atoms with Crippen molar-refractivity contribution in [1.82, 2.24) is 10.2 Å². The lowest BCUT2D eigenvalue weighted by molar-refractivity contribution is 0.102. The van der Waals surface area contributed by atoms with Gasteiger partial charge in [-0.05, 0) is 36.4 Å². The van der Waals surface area contributed by atoms with Crippen LogP contribution >= 0.6 is 0 Å². The maximum Gasteiger partial charge on any atom is 0.322 e. The molecule has 0 fully saturated rings. The van der Waals surface area contributed by atoms with Crippen LogP contribution in [0.3, 0.4) is 0 Å². The van der Waals surface area contributed by atoms with Gasteiger partial charge in [0.1, 0.15) is 0 Å². The second-order valence-electron chi connectivity index (χ2n) is 7.24. The van der Waals surface area contributed by atoms with E-state index in [0.717, 1.165) is 0 Å². The van der Waals surface area contributed by atoms with E-state index in [-0.39, 0.29) is 28.1 Å². The number of carbonyl (C=O) groups is 1. The zero-order chi connectivity index (χ0) is 25.7. The Balaban J connectivity index is 1.57. The summed E-state index contributed by atoms with van der Waals surface area (Å²) in [4.78, 5) is 13.0. The van der Waals surface area contributed by atoms with Crippen LogP contribution in [-0.4, -0.2) is 45.9 Å². The van der Waals surface area contributed by atoms with Gasteiger partial charge < -0.3 is 18.6 Å². The van der Waals surface area contributed by atoms with Gasteiger partial charge in [-0.15, -0.1) is 5.10 Å². The maximum absolute atomic E-state index is 13.0. The largest absolute Gasteiger partial charge is 0.493 e. The van der Waals surface area contributed by atoms with Crippen molar-refractivity contribution in [2.45, 2.75) is 4.90 Å². The fourth-order valence-electron chi connectivity index (χ4n) is 3.33. The van der Waals surface area contributed by atoms with Gasteiger partial charge in [-0.3, -0.25) is 14.8 Å². The first-order valence-electron chi connectivity index (χ1n) is 10.5. The number of carbonyl (C=O) groups excluding carboxylic acids is 1. The van der Waals surface area contributed by atoms with E-state index in [0.29, 0.717) is 22.8 Å². The average Bonchev–Trinajstić information content (AvgIpc) is 3.36. The van der Waals surface area contributed by atoms with Crippen molar-refractivity contribution < 1.29 is 31.8 Å². The number of methoxy groups -OCH3 is 3. The summed E-state index contributed by atoms with van der Waals surface area (Å²) in [6, 6.07) is 17.0. The summed E-state index contributed by atoms with van der Waals surface area (Å²) in [5, 5.41) is 10.3. The molecule has 0 unspecified atom stereocenters. The van der Waals surface area contributed by atoms with E-state index in [9.17, 15) is 13.2 Å². The lowest BCUT2D eigenvalue weighted by Crippen LogP contribution is -2.18. The fourth-order valence-corrected chi connectivity index (χ4v) is 4.43. The normalized spacial score (nSPS) is 11.0. The molecule has 1 heterocycles. The number of hydrogen-bond acceptors (Lipinski definition) is 9. The smallest absolute Gasteiger partial charge is 0.322 e. The molecule has 186 valence electrons. The average molecular weight is 511 g/mol. The van der Waals surface area contributed by atoms with E-state index in [1.165, 1.54) is 45.6 Å². The molecule has 0 aliphatic heterocycles. The predicted molar refractivity (Wildman–Crippen MR) is 131 cm³/mol. The van der Waals surface area contributed by atoms with E-state index >= 15 is 0 Å². The molecule has 0 aliphatic rings. The second-order valence-corrected chi connectivity index (χ2v) is 8.93. The van der Waals surface area contributed by atoms with Gasteiger partial charge >= 0.3 is 6.01 Å². The molecule has 12 heteroatoms. The molecule has 0 spiro atoms. The quantitative estimate of drug-likeness (QED) is 0.344. The Morgan fingerprint density at radius 1 is 0.861 bits per heavy atom. The molecule has 4 aromatic rings. The third kappa shape index (κ3) is 5.08. The zero-order valence-electron chi connectivity index (χ0n) is 19.5. The molecule has 0 bridgehead atoms. The van der Waals surface area contributed by atoms with Gasteiger partial charge in [-0.2, -0.15) is 0 Å². The van der Waals surface area contributed by atoms with Crippen LogP contribution in [0.5, 0.6) is 17.2 Å². The van der Waals surface area contributed by atoms with Crippen molar-refractivity contribution >= 4 is 27.6 Å².